The van der Waals surface area contributed by atoms with Crippen LogP contribution in [0.15, 0.2) is 18.2 Å². The van der Waals surface area contributed by atoms with Gasteiger partial charge in [0.2, 0.25) is 0 Å². The Kier molecular flexibility index (Phi) is 3.87. The van der Waals surface area contributed by atoms with Crippen LogP contribution in [0.4, 0.5) is 5.69 Å². The van der Waals surface area contributed by atoms with Gasteiger partial charge in [0.15, 0.2) is 0 Å². The van der Waals surface area contributed by atoms with Crippen molar-refractivity contribution in [2.24, 2.45) is 0 Å². The lowest BCUT2D eigenvalue weighted by Gasteiger charge is -2.38. The second kappa shape index (κ2) is 5.53. The number of fused-ring (bicyclic) bond motifs is 1. The molecule has 1 aromatic carbocycles. The highest BCUT2D eigenvalue weighted by atomic mass is 16.5. The highest BCUT2D eigenvalue weighted by molar-refractivity contribution is 5.65. The van der Waals surface area contributed by atoms with E-state index in [9.17, 15) is 0 Å². The van der Waals surface area contributed by atoms with Crippen LogP contribution < -0.4 is 9.64 Å². The molecule has 0 N–H and O–H groups in total. The zero-order valence-electron chi connectivity index (χ0n) is 13.9. The number of ether oxygens (including phenoxy) is 1. The van der Waals surface area contributed by atoms with Gasteiger partial charge in [-0.05, 0) is 70.1 Å². The van der Waals surface area contributed by atoms with Gasteiger partial charge < -0.3 is 14.5 Å². The van der Waals surface area contributed by atoms with Crippen LogP contribution in [0, 0.1) is 0 Å². The number of anilines is 1. The number of nitrogens with zero attached hydrogens (tertiary/aromatic N) is 2. The number of rotatable bonds is 5. The average molecular weight is 288 g/mol. The maximum atomic E-state index is 5.47. The molecule has 21 heavy (non-hydrogen) atoms. The Labute approximate surface area is 128 Å². The molecular formula is C18H28N2O. The predicted octanol–water partition coefficient (Wildman–Crippen LogP) is 3.28. The van der Waals surface area contributed by atoms with Crippen LogP contribution in [0.25, 0.3) is 0 Å². The minimum Gasteiger partial charge on any atom is -0.497 e. The molecule has 0 bridgehead atoms. The SMILES string of the molecule is COc1ccc2c(c1)C(C)(CCN(C)C)CN2C1CCC1. The third-order valence-corrected chi connectivity index (χ3v) is 5.31. The van der Waals surface area contributed by atoms with E-state index in [1.54, 1.807) is 7.11 Å². The van der Waals surface area contributed by atoms with Crippen LogP contribution in [0.2, 0.25) is 0 Å². The molecule has 1 saturated carbocycles. The zero-order valence-corrected chi connectivity index (χ0v) is 13.9. The molecule has 1 fully saturated rings. The van der Waals surface area contributed by atoms with Crippen molar-refractivity contribution in [2.75, 3.05) is 39.2 Å². The fraction of sp³-hybridized carbons (Fsp3) is 0.667. The molecule has 2 aliphatic rings. The van der Waals surface area contributed by atoms with Crippen LogP contribution in [0.3, 0.4) is 0 Å². The minimum atomic E-state index is 0.240. The van der Waals surface area contributed by atoms with Crippen molar-refractivity contribution in [3.63, 3.8) is 0 Å². The van der Waals surface area contributed by atoms with Gasteiger partial charge in [0.1, 0.15) is 5.75 Å². The molecule has 116 valence electrons. The molecular weight excluding hydrogens is 260 g/mol. The Bertz CT molecular complexity index is 510. The van der Waals surface area contributed by atoms with Gasteiger partial charge >= 0.3 is 0 Å². The second-order valence-electron chi connectivity index (χ2n) is 7.21. The third-order valence-electron chi connectivity index (χ3n) is 5.31. The molecule has 0 saturated heterocycles. The first-order valence-electron chi connectivity index (χ1n) is 8.13. The molecule has 1 aliphatic carbocycles. The van der Waals surface area contributed by atoms with E-state index in [1.165, 1.54) is 36.9 Å². The fourth-order valence-electron chi connectivity index (χ4n) is 3.63. The van der Waals surface area contributed by atoms with E-state index in [1.807, 2.05) is 0 Å². The first-order chi connectivity index (χ1) is 10.0. The topological polar surface area (TPSA) is 15.7 Å². The number of hydrogen-bond acceptors (Lipinski definition) is 3. The molecule has 3 rings (SSSR count). The van der Waals surface area contributed by atoms with E-state index in [0.29, 0.717) is 0 Å². The first-order valence-corrected chi connectivity index (χ1v) is 8.13. The van der Waals surface area contributed by atoms with Gasteiger partial charge in [-0.15, -0.1) is 0 Å². The van der Waals surface area contributed by atoms with E-state index in [-0.39, 0.29) is 5.41 Å². The summed E-state index contributed by atoms with van der Waals surface area (Å²) in [6, 6.07) is 7.41. The van der Waals surface area contributed by atoms with E-state index in [2.05, 4.69) is 49.0 Å². The van der Waals surface area contributed by atoms with Crippen LogP contribution >= 0.6 is 0 Å². The molecule has 3 nitrogen and oxygen atoms in total. The standard InChI is InChI=1S/C18H28N2O/c1-18(10-11-19(2)3)13-20(14-6-5-7-14)17-9-8-15(21-4)12-16(17)18/h8-9,12,14H,5-7,10-11,13H2,1-4H3. The summed E-state index contributed by atoms with van der Waals surface area (Å²) in [6.07, 6.45) is 5.30. The van der Waals surface area contributed by atoms with Gasteiger partial charge in [-0.2, -0.15) is 0 Å². The summed E-state index contributed by atoms with van der Waals surface area (Å²) >= 11 is 0. The Morgan fingerprint density at radius 1 is 1.33 bits per heavy atom. The number of hydrogen-bond donors (Lipinski definition) is 0. The van der Waals surface area contributed by atoms with Gasteiger partial charge in [-0.1, -0.05) is 6.92 Å². The Hall–Kier alpha value is -1.22. The second-order valence-corrected chi connectivity index (χ2v) is 7.21. The molecule has 1 unspecified atom stereocenters. The predicted molar refractivity (Wildman–Crippen MR) is 88.5 cm³/mol. The highest BCUT2D eigenvalue weighted by Crippen LogP contribution is 2.47. The highest BCUT2D eigenvalue weighted by Gasteiger charge is 2.42. The maximum Gasteiger partial charge on any atom is 0.119 e. The Balaban J connectivity index is 1.92. The molecule has 1 aromatic rings. The van der Waals surface area contributed by atoms with E-state index < -0.39 is 0 Å². The van der Waals surface area contributed by atoms with Crippen molar-refractivity contribution >= 4 is 5.69 Å². The van der Waals surface area contributed by atoms with Crippen LogP contribution in [0.5, 0.6) is 5.75 Å². The maximum absolute atomic E-state index is 5.47. The lowest BCUT2D eigenvalue weighted by atomic mass is 9.81. The molecule has 1 aliphatic heterocycles. The molecule has 0 radical (unpaired) electrons. The summed E-state index contributed by atoms with van der Waals surface area (Å²) in [5.41, 5.74) is 3.17. The first kappa shape index (κ1) is 14.7. The number of benzene rings is 1. The van der Waals surface area contributed by atoms with Crippen molar-refractivity contribution in [3.8, 4) is 5.75 Å². The van der Waals surface area contributed by atoms with Gasteiger partial charge in [-0.3, -0.25) is 0 Å². The van der Waals surface area contributed by atoms with Crippen molar-refractivity contribution < 1.29 is 4.74 Å². The van der Waals surface area contributed by atoms with Crippen molar-refractivity contribution in [1.82, 2.24) is 4.90 Å². The van der Waals surface area contributed by atoms with E-state index >= 15 is 0 Å². The molecule has 1 atom stereocenters. The summed E-state index contributed by atoms with van der Waals surface area (Å²) in [6.45, 7) is 4.72. The smallest absolute Gasteiger partial charge is 0.119 e. The van der Waals surface area contributed by atoms with E-state index in [4.69, 9.17) is 4.74 Å². The third kappa shape index (κ3) is 2.64. The quantitative estimate of drug-likeness (QED) is 0.827. The average Bonchev–Trinajstić information content (AvgIpc) is 2.68. The van der Waals surface area contributed by atoms with E-state index in [0.717, 1.165) is 24.9 Å². The normalized spacial score (nSPS) is 25.1. The van der Waals surface area contributed by atoms with Gasteiger partial charge in [0.25, 0.3) is 0 Å². The molecule has 1 heterocycles. The lowest BCUT2D eigenvalue weighted by molar-refractivity contribution is 0.320. The van der Waals surface area contributed by atoms with Crippen molar-refractivity contribution in [2.45, 2.75) is 44.1 Å². The number of methoxy groups -OCH3 is 1. The molecule has 3 heteroatoms. The Morgan fingerprint density at radius 3 is 2.67 bits per heavy atom. The Morgan fingerprint density at radius 2 is 2.10 bits per heavy atom. The summed E-state index contributed by atoms with van der Waals surface area (Å²) in [5, 5.41) is 0. The summed E-state index contributed by atoms with van der Waals surface area (Å²) in [5.74, 6) is 0.986. The van der Waals surface area contributed by atoms with Crippen LogP contribution in [0.1, 0.15) is 38.2 Å². The van der Waals surface area contributed by atoms with Crippen molar-refractivity contribution in [3.05, 3.63) is 23.8 Å². The lowest BCUT2D eigenvalue weighted by Crippen LogP contribution is -2.42. The molecule has 0 amide bonds. The molecule has 0 spiro atoms. The van der Waals surface area contributed by atoms with Gasteiger partial charge in [-0.25, -0.2) is 0 Å². The van der Waals surface area contributed by atoms with Crippen LogP contribution in [-0.4, -0.2) is 45.2 Å². The monoisotopic (exact) mass is 288 g/mol. The largest absolute Gasteiger partial charge is 0.497 e. The molecule has 0 aromatic heterocycles. The summed E-state index contributed by atoms with van der Waals surface area (Å²) < 4.78 is 5.47. The van der Waals surface area contributed by atoms with Crippen molar-refractivity contribution in [1.29, 1.82) is 0 Å². The fourth-order valence-corrected chi connectivity index (χ4v) is 3.63. The summed E-state index contributed by atoms with van der Waals surface area (Å²) in [7, 11) is 6.08. The van der Waals surface area contributed by atoms with Gasteiger partial charge in [0.05, 0.1) is 7.11 Å². The van der Waals surface area contributed by atoms with Gasteiger partial charge in [0, 0.05) is 23.7 Å². The van der Waals surface area contributed by atoms with Crippen LogP contribution in [-0.2, 0) is 5.41 Å². The summed E-state index contributed by atoms with van der Waals surface area (Å²) in [4.78, 5) is 4.95. The zero-order chi connectivity index (χ0) is 15.0. The minimum absolute atomic E-state index is 0.240.